The Balaban J connectivity index is 0.000000214. The first-order valence-electron chi connectivity index (χ1n) is 15.7. The molecule has 6 aromatic rings. The Bertz CT molecular complexity index is 2470. The first kappa shape index (κ1) is 40.0. The molecule has 0 radical (unpaired) electrons. The fraction of sp³-hybridized carbons (Fsp3) is 0.118. The van der Waals surface area contributed by atoms with Gasteiger partial charge in [-0.2, -0.15) is 10.2 Å². The molecule has 0 fully saturated rings. The summed E-state index contributed by atoms with van der Waals surface area (Å²) in [6.45, 7) is 0. The summed E-state index contributed by atoms with van der Waals surface area (Å²) in [6, 6.07) is 16.0. The number of nitro groups is 2. The van der Waals surface area contributed by atoms with Gasteiger partial charge in [-0.15, -0.1) is 0 Å². The molecule has 2 aromatic carbocycles. The van der Waals surface area contributed by atoms with Crippen molar-refractivity contribution in [2.75, 3.05) is 14.2 Å². The van der Waals surface area contributed by atoms with E-state index in [1.54, 1.807) is 61.4 Å². The van der Waals surface area contributed by atoms with Crippen LogP contribution in [0.25, 0.3) is 11.4 Å². The van der Waals surface area contributed by atoms with Crippen LogP contribution in [0.1, 0.15) is 32.1 Å². The molecule has 0 aliphatic carbocycles. The number of carbonyl (C=O) groups is 2. The maximum atomic E-state index is 12.7. The van der Waals surface area contributed by atoms with Gasteiger partial charge < -0.3 is 9.47 Å². The zero-order chi connectivity index (χ0) is 40.6. The second-order valence-corrected chi connectivity index (χ2v) is 15.2. The van der Waals surface area contributed by atoms with Crippen LogP contribution in [0.4, 0.5) is 11.4 Å². The van der Waals surface area contributed by atoms with Crippen LogP contribution in [0.2, 0.25) is 0 Å². The van der Waals surface area contributed by atoms with Crippen LogP contribution >= 0.6 is 0 Å². The smallest absolute Gasteiger partial charge is 0.338 e. The van der Waals surface area contributed by atoms with Gasteiger partial charge in [-0.3, -0.25) is 30.2 Å². The van der Waals surface area contributed by atoms with Gasteiger partial charge in [0.25, 0.3) is 11.4 Å². The van der Waals surface area contributed by atoms with E-state index in [0.717, 1.165) is 38.5 Å². The number of methoxy groups -OCH3 is 2. The van der Waals surface area contributed by atoms with E-state index in [4.69, 9.17) is 0 Å². The summed E-state index contributed by atoms with van der Waals surface area (Å²) < 4.78 is 62.9. The van der Waals surface area contributed by atoms with Crippen molar-refractivity contribution in [1.82, 2.24) is 29.5 Å². The van der Waals surface area contributed by atoms with Crippen molar-refractivity contribution < 1.29 is 45.7 Å². The fourth-order valence-corrected chi connectivity index (χ4v) is 7.89. The van der Waals surface area contributed by atoms with E-state index in [0.29, 0.717) is 11.4 Å². The number of esters is 2. The minimum absolute atomic E-state index is 0.116. The monoisotopic (exact) mass is 804 g/mol. The lowest BCUT2D eigenvalue weighted by atomic mass is 10.2. The van der Waals surface area contributed by atoms with Gasteiger partial charge in [-0.1, -0.05) is 0 Å². The second kappa shape index (κ2) is 16.9. The Labute approximate surface area is 317 Å². The standard InChI is InChI=1S/2C17H14N4O6S/c2*1-27-17(22)12-2-3-16(15(10-12)21(23)24)28(25,26)11-13-6-9-20(19-13)14-4-7-18-8-5-14/h2*2-10H,11H2,1H3. The number of pyridine rings is 2. The van der Waals surface area contributed by atoms with Gasteiger partial charge in [0.05, 0.1) is 69.5 Å². The number of aromatic nitrogens is 6. The maximum absolute atomic E-state index is 12.7. The molecule has 56 heavy (non-hydrogen) atoms. The average Bonchev–Trinajstić information content (AvgIpc) is 3.87. The topological polar surface area (TPSA) is 269 Å². The Morgan fingerprint density at radius 3 is 1.29 bits per heavy atom. The van der Waals surface area contributed by atoms with Gasteiger partial charge in [0, 0.05) is 49.3 Å². The molecular formula is C34H28N8O12S2. The molecule has 288 valence electrons. The SMILES string of the molecule is COC(=O)c1ccc(S(=O)(=O)Cc2ccn(-c3ccncc3)n2)c([N+](=O)[O-])c1.COC(=O)c1ccc(S(=O)(=O)Cc2ccn(-c3ccncc3)n2)c([N+](=O)[O-])c1. The Hall–Kier alpha value is -7.20. The molecule has 20 nitrogen and oxygen atoms in total. The third-order valence-electron chi connectivity index (χ3n) is 7.64. The lowest BCUT2D eigenvalue weighted by molar-refractivity contribution is -0.388. The van der Waals surface area contributed by atoms with E-state index in [9.17, 15) is 46.7 Å². The highest BCUT2D eigenvalue weighted by molar-refractivity contribution is 7.91. The summed E-state index contributed by atoms with van der Waals surface area (Å²) in [4.78, 5) is 50.9. The third-order valence-corrected chi connectivity index (χ3v) is 11.0. The van der Waals surface area contributed by atoms with E-state index < -0.39 is 74.1 Å². The molecule has 4 aromatic heterocycles. The lowest BCUT2D eigenvalue weighted by Crippen LogP contribution is -2.10. The fourth-order valence-electron chi connectivity index (χ4n) is 5.04. The molecule has 0 N–H and O–H groups in total. The number of ether oxygens (including phenoxy) is 2. The minimum Gasteiger partial charge on any atom is -0.465 e. The van der Waals surface area contributed by atoms with Gasteiger partial charge in [-0.05, 0) is 60.7 Å². The third kappa shape index (κ3) is 9.29. The van der Waals surface area contributed by atoms with Crippen molar-refractivity contribution in [1.29, 1.82) is 0 Å². The van der Waals surface area contributed by atoms with E-state index >= 15 is 0 Å². The highest BCUT2D eigenvalue weighted by Gasteiger charge is 2.30. The zero-order valence-electron chi connectivity index (χ0n) is 29.1. The van der Waals surface area contributed by atoms with Crippen LogP contribution in [0, 0.1) is 20.2 Å². The first-order chi connectivity index (χ1) is 26.6. The Kier molecular flexibility index (Phi) is 12.0. The minimum atomic E-state index is -4.09. The molecule has 6 rings (SSSR count). The zero-order valence-corrected chi connectivity index (χ0v) is 30.7. The second-order valence-electron chi connectivity index (χ2n) is 11.3. The predicted molar refractivity (Wildman–Crippen MR) is 193 cm³/mol. The summed E-state index contributed by atoms with van der Waals surface area (Å²) in [5, 5.41) is 31.1. The molecule has 0 amide bonds. The van der Waals surface area contributed by atoms with Gasteiger partial charge in [-0.25, -0.2) is 35.8 Å². The van der Waals surface area contributed by atoms with E-state index in [-0.39, 0.29) is 22.5 Å². The number of hydrogen-bond donors (Lipinski definition) is 0. The van der Waals surface area contributed by atoms with Crippen LogP contribution in [-0.4, -0.2) is 82.4 Å². The van der Waals surface area contributed by atoms with Crippen molar-refractivity contribution in [3.8, 4) is 11.4 Å². The predicted octanol–water partition coefficient (Wildman–Crippen LogP) is 3.87. The number of sulfone groups is 2. The van der Waals surface area contributed by atoms with Crippen molar-refractivity contribution in [2.24, 2.45) is 0 Å². The molecule has 0 atom stereocenters. The van der Waals surface area contributed by atoms with Crippen LogP contribution < -0.4 is 0 Å². The molecule has 22 heteroatoms. The van der Waals surface area contributed by atoms with Crippen LogP contribution in [-0.2, 0) is 40.7 Å². The van der Waals surface area contributed by atoms with E-state index in [2.05, 4.69) is 29.6 Å². The van der Waals surface area contributed by atoms with Crippen LogP contribution in [0.3, 0.4) is 0 Å². The van der Waals surface area contributed by atoms with E-state index in [1.807, 2.05) is 0 Å². The molecule has 0 spiro atoms. The average molecular weight is 805 g/mol. The molecular weight excluding hydrogens is 777 g/mol. The molecule has 0 unspecified atom stereocenters. The summed E-state index contributed by atoms with van der Waals surface area (Å²) in [6.07, 6.45) is 9.43. The Morgan fingerprint density at radius 1 is 0.607 bits per heavy atom. The van der Waals surface area contributed by atoms with Crippen molar-refractivity contribution >= 4 is 43.0 Å². The highest BCUT2D eigenvalue weighted by atomic mass is 32.2. The number of nitro benzene ring substituents is 2. The van der Waals surface area contributed by atoms with Crippen LogP contribution in [0.5, 0.6) is 0 Å². The van der Waals surface area contributed by atoms with Gasteiger partial charge >= 0.3 is 11.9 Å². The lowest BCUT2D eigenvalue weighted by Gasteiger charge is -2.06. The number of rotatable bonds is 12. The van der Waals surface area contributed by atoms with Crippen molar-refractivity contribution in [2.45, 2.75) is 21.3 Å². The number of carbonyl (C=O) groups excluding carboxylic acids is 2. The number of benzene rings is 2. The Morgan fingerprint density at radius 2 is 0.964 bits per heavy atom. The molecule has 0 aliphatic heterocycles. The van der Waals surface area contributed by atoms with E-state index in [1.165, 1.54) is 33.6 Å². The highest BCUT2D eigenvalue weighted by Crippen LogP contribution is 2.29. The van der Waals surface area contributed by atoms with Gasteiger partial charge in [0.1, 0.15) is 9.79 Å². The largest absolute Gasteiger partial charge is 0.465 e. The maximum Gasteiger partial charge on any atom is 0.338 e. The summed E-state index contributed by atoms with van der Waals surface area (Å²) in [5.41, 5.74) is 0.170. The van der Waals surface area contributed by atoms with Crippen molar-refractivity contribution in [3.05, 3.63) is 153 Å². The molecule has 0 aliphatic rings. The van der Waals surface area contributed by atoms with Crippen LogP contribution in [0.15, 0.2) is 120 Å². The normalized spacial score (nSPS) is 11.2. The summed E-state index contributed by atoms with van der Waals surface area (Å²) in [5.74, 6) is -2.68. The quantitative estimate of drug-likeness (QED) is 0.0965. The number of hydrogen-bond acceptors (Lipinski definition) is 16. The molecule has 0 saturated heterocycles. The number of nitrogens with zero attached hydrogens (tertiary/aromatic N) is 8. The summed E-state index contributed by atoms with van der Waals surface area (Å²) >= 11 is 0. The van der Waals surface area contributed by atoms with Gasteiger partial charge in [0.15, 0.2) is 19.7 Å². The first-order valence-corrected chi connectivity index (χ1v) is 19.0. The molecule has 4 heterocycles. The summed E-state index contributed by atoms with van der Waals surface area (Å²) in [7, 11) is -5.93. The van der Waals surface area contributed by atoms with Crippen molar-refractivity contribution in [3.63, 3.8) is 0 Å². The molecule has 0 bridgehead atoms. The molecule has 0 saturated carbocycles. The van der Waals surface area contributed by atoms with Gasteiger partial charge in [0.2, 0.25) is 0 Å².